The van der Waals surface area contributed by atoms with Crippen LogP contribution in [0, 0.1) is 0 Å². The molecule has 0 aromatic carbocycles. The van der Waals surface area contributed by atoms with Crippen LogP contribution in [0.3, 0.4) is 0 Å². The molecule has 0 unspecified atom stereocenters. The van der Waals surface area contributed by atoms with Crippen LogP contribution in [0.15, 0.2) is 16.6 Å². The molecule has 18 heavy (non-hydrogen) atoms. The number of aromatic nitrogens is 2. The Morgan fingerprint density at radius 1 is 1.39 bits per heavy atom. The van der Waals surface area contributed by atoms with E-state index in [1.807, 2.05) is 0 Å². The van der Waals surface area contributed by atoms with Gasteiger partial charge in [-0.3, -0.25) is 4.40 Å². The number of nitrogens with zero attached hydrogens (tertiary/aromatic N) is 2. The maximum absolute atomic E-state index is 12.4. The van der Waals surface area contributed by atoms with Gasteiger partial charge in [0.2, 0.25) is 0 Å². The molecule has 2 N–H and O–H groups in total. The summed E-state index contributed by atoms with van der Waals surface area (Å²) in [4.78, 5) is 4.89. The Morgan fingerprint density at radius 3 is 2.61 bits per heavy atom. The van der Waals surface area contributed by atoms with E-state index in [-0.39, 0.29) is 5.03 Å². The Hall–Kier alpha value is -1.12. The summed E-state index contributed by atoms with van der Waals surface area (Å²) in [6, 6.07) is 0. The number of fused-ring (bicyclic) bond motifs is 1. The van der Waals surface area contributed by atoms with Gasteiger partial charge in [0.05, 0.1) is 0 Å². The minimum atomic E-state index is -3.62. The molecule has 2 heterocycles. The zero-order valence-electron chi connectivity index (χ0n) is 10.7. The lowest BCUT2D eigenvalue weighted by atomic mass is 10.1. The Bertz CT molecular complexity index is 664. The van der Waals surface area contributed by atoms with Crippen molar-refractivity contribution >= 4 is 32.1 Å². The van der Waals surface area contributed by atoms with E-state index in [9.17, 15) is 8.42 Å². The molecule has 0 bridgehead atoms. The predicted molar refractivity (Wildman–Crippen MR) is 72.7 cm³/mol. The van der Waals surface area contributed by atoms with Gasteiger partial charge < -0.3 is 5.32 Å². The Morgan fingerprint density at radius 2 is 2.06 bits per heavy atom. The summed E-state index contributed by atoms with van der Waals surface area (Å²) in [6.07, 6.45) is 1.70. The third kappa shape index (κ3) is 2.36. The van der Waals surface area contributed by atoms with Crippen molar-refractivity contribution in [2.75, 3.05) is 12.4 Å². The quantitative estimate of drug-likeness (QED) is 0.898. The fourth-order valence-corrected chi connectivity index (χ4v) is 4.12. The maximum Gasteiger partial charge on any atom is 0.260 e. The number of thiazole rings is 1. The molecule has 0 aliphatic rings. The molecule has 0 fully saturated rings. The van der Waals surface area contributed by atoms with Gasteiger partial charge in [-0.05, 0) is 20.8 Å². The third-order valence-electron chi connectivity index (χ3n) is 2.15. The molecule has 0 radical (unpaired) electrons. The first-order valence-electron chi connectivity index (χ1n) is 5.42. The average molecular weight is 288 g/mol. The zero-order chi connectivity index (χ0) is 13.6. The summed E-state index contributed by atoms with van der Waals surface area (Å²) in [5.41, 5.74) is -0.538. The van der Waals surface area contributed by atoms with Gasteiger partial charge >= 0.3 is 0 Å². The minimum absolute atomic E-state index is 0.149. The van der Waals surface area contributed by atoms with Gasteiger partial charge in [-0.15, -0.1) is 11.3 Å². The molecule has 0 aliphatic carbocycles. The molecule has 0 spiro atoms. The summed E-state index contributed by atoms with van der Waals surface area (Å²) in [6.45, 7) is 5.40. The monoisotopic (exact) mass is 288 g/mol. The van der Waals surface area contributed by atoms with Gasteiger partial charge in [-0.2, -0.15) is 0 Å². The van der Waals surface area contributed by atoms with E-state index in [4.69, 9.17) is 0 Å². The highest BCUT2D eigenvalue weighted by atomic mass is 32.2. The standard InChI is InChI=1S/C10H16N4O2S2/c1-10(2,3)13-18(15,16)8-7(11-4)12-9-14(8)5-6-17-9/h5-6,11,13H,1-4H3. The second-order valence-corrected chi connectivity index (χ2v) is 7.40. The minimum Gasteiger partial charge on any atom is -0.371 e. The summed E-state index contributed by atoms with van der Waals surface area (Å²) < 4.78 is 29.0. The first-order chi connectivity index (χ1) is 8.24. The second kappa shape index (κ2) is 4.22. The predicted octanol–water partition coefficient (Wildman–Crippen LogP) is 1.51. The molecule has 2 rings (SSSR count). The number of imidazole rings is 1. The van der Waals surface area contributed by atoms with E-state index in [0.717, 1.165) is 0 Å². The summed E-state index contributed by atoms with van der Waals surface area (Å²) >= 11 is 1.39. The lowest BCUT2D eigenvalue weighted by molar-refractivity contribution is 0.489. The molecule has 0 amide bonds. The maximum atomic E-state index is 12.4. The number of rotatable bonds is 3. The van der Waals surface area contributed by atoms with E-state index >= 15 is 0 Å². The van der Waals surface area contributed by atoms with Crippen LogP contribution in [0.5, 0.6) is 0 Å². The molecular weight excluding hydrogens is 272 g/mol. The Kier molecular flexibility index (Phi) is 3.12. The second-order valence-electron chi connectivity index (χ2n) is 4.93. The van der Waals surface area contributed by atoms with Gasteiger partial charge in [0.25, 0.3) is 10.0 Å². The van der Waals surface area contributed by atoms with E-state index < -0.39 is 15.6 Å². The summed E-state index contributed by atoms with van der Waals surface area (Å²) in [7, 11) is -1.96. The lowest BCUT2D eigenvalue weighted by Gasteiger charge is -2.20. The molecule has 100 valence electrons. The smallest absolute Gasteiger partial charge is 0.260 e. The highest BCUT2D eigenvalue weighted by Crippen LogP contribution is 2.26. The Labute approximate surface area is 110 Å². The fraction of sp³-hybridized carbons (Fsp3) is 0.500. The van der Waals surface area contributed by atoms with E-state index in [2.05, 4.69) is 15.0 Å². The van der Waals surface area contributed by atoms with Crippen LogP contribution in [0.1, 0.15) is 20.8 Å². The molecular formula is C10H16N4O2S2. The van der Waals surface area contributed by atoms with Crippen LogP contribution < -0.4 is 10.0 Å². The number of sulfonamides is 1. The van der Waals surface area contributed by atoms with Gasteiger partial charge in [0.1, 0.15) is 0 Å². The van der Waals surface area contributed by atoms with Crippen LogP contribution >= 0.6 is 11.3 Å². The van der Waals surface area contributed by atoms with Crippen LogP contribution in [0.25, 0.3) is 4.96 Å². The fourth-order valence-electron chi connectivity index (χ4n) is 1.64. The third-order valence-corrected chi connectivity index (χ3v) is 4.69. The molecule has 2 aromatic heterocycles. The molecule has 8 heteroatoms. The topological polar surface area (TPSA) is 75.5 Å². The first kappa shape index (κ1) is 13.3. The van der Waals surface area contributed by atoms with E-state index in [0.29, 0.717) is 10.8 Å². The molecule has 2 aromatic rings. The van der Waals surface area contributed by atoms with Crippen molar-refractivity contribution < 1.29 is 8.42 Å². The van der Waals surface area contributed by atoms with Crippen LogP contribution in [-0.2, 0) is 10.0 Å². The van der Waals surface area contributed by atoms with Crippen molar-refractivity contribution in [1.82, 2.24) is 14.1 Å². The molecule has 0 atom stereocenters. The molecule has 0 saturated heterocycles. The first-order valence-corrected chi connectivity index (χ1v) is 7.78. The molecule has 0 saturated carbocycles. The van der Waals surface area contributed by atoms with Crippen molar-refractivity contribution in [1.29, 1.82) is 0 Å². The zero-order valence-corrected chi connectivity index (χ0v) is 12.3. The van der Waals surface area contributed by atoms with Crippen molar-refractivity contribution in [3.05, 3.63) is 11.6 Å². The summed E-state index contributed by atoms with van der Waals surface area (Å²) in [5, 5.41) is 4.77. The van der Waals surface area contributed by atoms with Crippen molar-refractivity contribution in [2.45, 2.75) is 31.3 Å². The van der Waals surface area contributed by atoms with Crippen LogP contribution in [-0.4, -0.2) is 30.4 Å². The highest BCUT2D eigenvalue weighted by Gasteiger charge is 2.29. The summed E-state index contributed by atoms with van der Waals surface area (Å²) in [5.74, 6) is 0.360. The Balaban J connectivity index is 2.62. The van der Waals surface area contributed by atoms with Crippen LogP contribution in [0.2, 0.25) is 0 Å². The van der Waals surface area contributed by atoms with Crippen molar-refractivity contribution in [3.8, 4) is 0 Å². The van der Waals surface area contributed by atoms with E-state index in [1.54, 1.807) is 43.8 Å². The lowest BCUT2D eigenvalue weighted by Crippen LogP contribution is -2.41. The normalized spacial score (nSPS) is 13.1. The molecule has 6 nitrogen and oxygen atoms in total. The van der Waals surface area contributed by atoms with Crippen LogP contribution in [0.4, 0.5) is 5.82 Å². The van der Waals surface area contributed by atoms with Gasteiger partial charge in [0, 0.05) is 24.2 Å². The van der Waals surface area contributed by atoms with Gasteiger partial charge in [-0.25, -0.2) is 18.1 Å². The SMILES string of the molecule is CNc1nc2sccn2c1S(=O)(=O)NC(C)(C)C. The average Bonchev–Trinajstić information content (AvgIpc) is 2.69. The number of hydrogen-bond donors (Lipinski definition) is 2. The van der Waals surface area contributed by atoms with Gasteiger partial charge in [0.15, 0.2) is 15.8 Å². The van der Waals surface area contributed by atoms with E-state index in [1.165, 1.54) is 11.3 Å². The number of anilines is 1. The largest absolute Gasteiger partial charge is 0.371 e. The number of nitrogens with one attached hydrogen (secondary N) is 2. The highest BCUT2D eigenvalue weighted by molar-refractivity contribution is 7.89. The van der Waals surface area contributed by atoms with Crippen molar-refractivity contribution in [3.63, 3.8) is 0 Å². The molecule has 0 aliphatic heterocycles. The van der Waals surface area contributed by atoms with Crippen molar-refractivity contribution in [2.24, 2.45) is 0 Å². The van der Waals surface area contributed by atoms with Gasteiger partial charge in [-0.1, -0.05) is 0 Å². The number of hydrogen-bond acceptors (Lipinski definition) is 5.